The van der Waals surface area contributed by atoms with Gasteiger partial charge in [0.2, 0.25) is 0 Å². The van der Waals surface area contributed by atoms with Crippen LogP contribution in [0.2, 0.25) is 0 Å². The average molecular weight is 925 g/mol. The molecule has 0 aromatic carbocycles. The lowest BCUT2D eigenvalue weighted by Gasteiger charge is -2.39. The summed E-state index contributed by atoms with van der Waals surface area (Å²) in [6, 6.07) is 0. The normalized spacial score (nSPS) is 20.4. The number of esters is 2. The largest absolute Gasteiger partial charge is 0.472 e. The van der Waals surface area contributed by atoms with Crippen LogP contribution in [0.5, 0.6) is 0 Å². The van der Waals surface area contributed by atoms with Crippen molar-refractivity contribution in [2.75, 3.05) is 33.0 Å². The van der Waals surface area contributed by atoms with Crippen molar-refractivity contribution in [1.29, 1.82) is 0 Å². The minimum atomic E-state index is -4.63. The number of phosphoric acid groups is 1. The van der Waals surface area contributed by atoms with E-state index in [-0.39, 0.29) is 39.1 Å². The highest BCUT2D eigenvalue weighted by Crippen LogP contribution is 2.43. The van der Waals surface area contributed by atoms with Gasteiger partial charge in [-0.3, -0.25) is 18.6 Å². The summed E-state index contributed by atoms with van der Waals surface area (Å²) in [4.78, 5) is 35.7. The highest BCUT2D eigenvalue weighted by molar-refractivity contribution is 7.47. The number of phosphoric ester groups is 1. The number of rotatable bonds is 45. The van der Waals surface area contributed by atoms with Gasteiger partial charge >= 0.3 is 19.8 Å². The molecule has 0 spiro atoms. The third-order valence-electron chi connectivity index (χ3n) is 11.8. The SMILES string of the molecule is CCCCCCCCCCCCCCCCCC(=O)OC[C@H](COP(=O)(O)OCCCOC1OC(CO)C(O)C(O)C1O)OC(=O)CCCCCCCCCCCCCCCCC. The molecule has 1 saturated heterocycles. The highest BCUT2D eigenvalue weighted by atomic mass is 31.2. The fourth-order valence-corrected chi connectivity index (χ4v) is 8.55. The second kappa shape index (κ2) is 41.0. The van der Waals surface area contributed by atoms with Crippen LogP contribution < -0.4 is 0 Å². The molecule has 7 atom stereocenters. The van der Waals surface area contributed by atoms with Gasteiger partial charge in [-0.05, 0) is 19.3 Å². The van der Waals surface area contributed by atoms with Crippen LogP contribution in [0.25, 0.3) is 0 Å². The molecular formula is C48H93O14P. The molecule has 5 N–H and O–H groups in total. The van der Waals surface area contributed by atoms with Crippen LogP contribution in [0.3, 0.4) is 0 Å². The zero-order valence-corrected chi connectivity index (χ0v) is 40.6. The first-order chi connectivity index (χ1) is 30.5. The fourth-order valence-electron chi connectivity index (χ4n) is 7.76. The Morgan fingerprint density at radius 2 is 0.937 bits per heavy atom. The molecule has 15 heteroatoms. The van der Waals surface area contributed by atoms with E-state index in [1.165, 1.54) is 141 Å². The second-order valence-corrected chi connectivity index (χ2v) is 19.2. The average Bonchev–Trinajstić information content (AvgIpc) is 3.27. The molecule has 1 heterocycles. The summed E-state index contributed by atoms with van der Waals surface area (Å²) in [5.41, 5.74) is 0. The lowest BCUT2D eigenvalue weighted by molar-refractivity contribution is -0.301. The van der Waals surface area contributed by atoms with E-state index in [9.17, 15) is 39.5 Å². The van der Waals surface area contributed by atoms with Gasteiger partial charge in [0.1, 0.15) is 31.0 Å². The zero-order chi connectivity index (χ0) is 46.2. The van der Waals surface area contributed by atoms with E-state index >= 15 is 0 Å². The standard InChI is InChI=1S/C48H93O14P/c1-3-5-7-9-11-13-15-17-19-21-23-25-27-29-31-34-43(50)58-39-41(61-44(51)35-32-30-28-26-24-22-20-18-16-14-12-10-8-6-4-2)40-60-63(55,56)59-37-33-36-57-48-47(54)46(53)45(52)42(38-49)62-48/h41-42,45-49,52-54H,3-40H2,1-2H3,(H,55,56)/t41-,42?,45?,46?,47?,48?/m1/s1. The van der Waals surface area contributed by atoms with Gasteiger partial charge in [0.15, 0.2) is 12.4 Å². The lowest BCUT2D eigenvalue weighted by atomic mass is 9.99. The first-order valence-electron chi connectivity index (χ1n) is 25.4. The van der Waals surface area contributed by atoms with Gasteiger partial charge in [-0.1, -0.05) is 194 Å². The Morgan fingerprint density at radius 1 is 0.524 bits per heavy atom. The predicted molar refractivity (Wildman–Crippen MR) is 246 cm³/mol. The van der Waals surface area contributed by atoms with E-state index in [1.807, 2.05) is 0 Å². The highest BCUT2D eigenvalue weighted by Gasteiger charge is 2.44. The molecular weight excluding hydrogens is 831 g/mol. The Morgan fingerprint density at radius 3 is 1.37 bits per heavy atom. The number of carbonyl (C=O) groups excluding carboxylic acids is 2. The maximum atomic E-state index is 12.8. The summed E-state index contributed by atoms with van der Waals surface area (Å²) >= 11 is 0. The fraction of sp³-hybridized carbons (Fsp3) is 0.958. The Hall–Kier alpha value is -1.19. The monoisotopic (exact) mass is 925 g/mol. The zero-order valence-electron chi connectivity index (χ0n) is 39.7. The van der Waals surface area contributed by atoms with Crippen molar-refractivity contribution in [3.05, 3.63) is 0 Å². The number of aliphatic hydroxyl groups is 4. The molecule has 0 bridgehead atoms. The molecule has 1 aliphatic rings. The van der Waals surface area contributed by atoms with E-state index < -0.39 is 69.8 Å². The van der Waals surface area contributed by atoms with Gasteiger partial charge < -0.3 is 44.3 Å². The molecule has 1 aliphatic heterocycles. The summed E-state index contributed by atoms with van der Waals surface area (Å²) in [7, 11) is -4.63. The van der Waals surface area contributed by atoms with Gasteiger partial charge in [0.05, 0.1) is 26.4 Å². The maximum absolute atomic E-state index is 12.8. The van der Waals surface area contributed by atoms with E-state index in [0.29, 0.717) is 12.8 Å². The maximum Gasteiger partial charge on any atom is 0.472 e. The minimum absolute atomic E-state index is 0.0531. The Labute approximate surface area is 381 Å². The van der Waals surface area contributed by atoms with E-state index in [4.69, 9.17) is 28.0 Å². The molecule has 63 heavy (non-hydrogen) atoms. The molecule has 0 aromatic heterocycles. The third kappa shape index (κ3) is 33.9. The first kappa shape index (κ1) is 59.8. The minimum Gasteiger partial charge on any atom is -0.462 e. The molecule has 0 amide bonds. The summed E-state index contributed by atoms with van der Waals surface area (Å²) in [6.45, 7) is 2.60. The van der Waals surface area contributed by atoms with E-state index in [1.54, 1.807) is 0 Å². The summed E-state index contributed by atoms with van der Waals surface area (Å²) in [5, 5.41) is 39.3. The van der Waals surface area contributed by atoms with Crippen molar-refractivity contribution in [1.82, 2.24) is 0 Å². The van der Waals surface area contributed by atoms with Crippen molar-refractivity contribution in [2.24, 2.45) is 0 Å². The van der Waals surface area contributed by atoms with Crippen molar-refractivity contribution in [3.8, 4) is 0 Å². The molecule has 0 radical (unpaired) electrons. The smallest absolute Gasteiger partial charge is 0.462 e. The second-order valence-electron chi connectivity index (χ2n) is 17.7. The van der Waals surface area contributed by atoms with Crippen molar-refractivity contribution < 1.29 is 67.5 Å². The van der Waals surface area contributed by atoms with Crippen molar-refractivity contribution in [2.45, 2.75) is 263 Å². The van der Waals surface area contributed by atoms with E-state index in [0.717, 1.165) is 38.5 Å². The first-order valence-corrected chi connectivity index (χ1v) is 26.9. The molecule has 374 valence electrons. The van der Waals surface area contributed by atoms with Crippen LogP contribution in [-0.2, 0) is 42.1 Å². The summed E-state index contributed by atoms with van der Waals surface area (Å²) in [5.74, 6) is -0.938. The van der Waals surface area contributed by atoms with E-state index in [2.05, 4.69) is 13.8 Å². The van der Waals surface area contributed by atoms with Gasteiger partial charge in [-0.2, -0.15) is 0 Å². The molecule has 1 rings (SSSR count). The third-order valence-corrected chi connectivity index (χ3v) is 12.8. The molecule has 14 nitrogen and oxygen atoms in total. The Balaban J connectivity index is 2.39. The van der Waals surface area contributed by atoms with Gasteiger partial charge in [0, 0.05) is 12.8 Å². The topological polar surface area (TPSA) is 208 Å². The number of unbranched alkanes of at least 4 members (excludes halogenated alkanes) is 28. The summed E-state index contributed by atoms with van der Waals surface area (Å²) < 4.78 is 44.5. The number of ether oxygens (including phenoxy) is 4. The quantitative estimate of drug-likeness (QED) is 0.0219. The van der Waals surface area contributed by atoms with Crippen molar-refractivity contribution >= 4 is 19.8 Å². The number of hydrogen-bond donors (Lipinski definition) is 5. The van der Waals surface area contributed by atoms with Gasteiger partial charge in [-0.25, -0.2) is 4.57 Å². The Bertz CT molecular complexity index is 1110. The van der Waals surface area contributed by atoms with Crippen molar-refractivity contribution in [3.63, 3.8) is 0 Å². The van der Waals surface area contributed by atoms with Crippen LogP contribution in [-0.4, -0.2) is 107 Å². The number of hydrogen-bond acceptors (Lipinski definition) is 13. The molecule has 0 aliphatic carbocycles. The lowest BCUT2D eigenvalue weighted by Crippen LogP contribution is -2.59. The van der Waals surface area contributed by atoms with Gasteiger partial charge in [-0.15, -0.1) is 0 Å². The molecule has 6 unspecified atom stereocenters. The number of carbonyl (C=O) groups is 2. The molecule has 0 aromatic rings. The van der Waals surface area contributed by atoms with Crippen LogP contribution in [0.1, 0.15) is 226 Å². The summed E-state index contributed by atoms with van der Waals surface area (Å²) in [6.07, 6.45) is 28.6. The Kier molecular flexibility index (Phi) is 39.0. The molecule has 0 saturated carbocycles. The number of aliphatic hydroxyl groups excluding tert-OH is 4. The molecule has 1 fully saturated rings. The van der Waals surface area contributed by atoms with Crippen LogP contribution in [0.15, 0.2) is 0 Å². The van der Waals surface area contributed by atoms with Crippen LogP contribution >= 0.6 is 7.82 Å². The van der Waals surface area contributed by atoms with Crippen LogP contribution in [0, 0.1) is 0 Å². The predicted octanol–water partition coefficient (Wildman–Crippen LogP) is 10.3. The van der Waals surface area contributed by atoms with Gasteiger partial charge in [0.25, 0.3) is 0 Å². The van der Waals surface area contributed by atoms with Crippen LogP contribution in [0.4, 0.5) is 0 Å².